The molecule has 1 saturated carbocycles. The van der Waals surface area contributed by atoms with Gasteiger partial charge in [0.15, 0.2) is 6.10 Å². The second-order valence-electron chi connectivity index (χ2n) is 6.15. The third-order valence-electron chi connectivity index (χ3n) is 4.02. The van der Waals surface area contributed by atoms with Crippen molar-refractivity contribution in [2.24, 2.45) is 0 Å². The molecule has 0 bridgehead atoms. The van der Waals surface area contributed by atoms with Gasteiger partial charge in [0.1, 0.15) is 11.8 Å². The Morgan fingerprint density at radius 3 is 2.58 bits per heavy atom. The predicted molar refractivity (Wildman–Crippen MR) is 96.8 cm³/mol. The van der Waals surface area contributed by atoms with E-state index in [4.69, 9.17) is 10.00 Å². The van der Waals surface area contributed by atoms with Crippen LogP contribution in [0.25, 0.3) is 0 Å². The van der Waals surface area contributed by atoms with Gasteiger partial charge in [-0.05, 0) is 44.0 Å². The Morgan fingerprint density at radius 1 is 1.15 bits per heavy atom. The highest BCUT2D eigenvalue weighted by Crippen LogP contribution is 2.22. The van der Waals surface area contributed by atoms with Crippen molar-refractivity contribution in [3.63, 3.8) is 0 Å². The van der Waals surface area contributed by atoms with E-state index >= 15 is 0 Å². The summed E-state index contributed by atoms with van der Waals surface area (Å²) in [4.78, 5) is 24.8. The number of anilines is 1. The van der Waals surface area contributed by atoms with E-state index in [2.05, 4.69) is 10.6 Å². The van der Waals surface area contributed by atoms with Crippen molar-refractivity contribution >= 4 is 17.5 Å². The number of amides is 2. The molecule has 26 heavy (non-hydrogen) atoms. The minimum absolute atomic E-state index is 0.202. The zero-order valence-electron chi connectivity index (χ0n) is 14.4. The summed E-state index contributed by atoms with van der Waals surface area (Å²) in [7, 11) is 0. The van der Waals surface area contributed by atoms with Crippen molar-refractivity contribution in [1.29, 1.82) is 5.26 Å². The van der Waals surface area contributed by atoms with Gasteiger partial charge in [-0.3, -0.25) is 9.59 Å². The van der Waals surface area contributed by atoms with Crippen molar-refractivity contribution in [3.8, 4) is 11.8 Å². The quantitative estimate of drug-likeness (QED) is 0.839. The number of hydrogen-bond donors (Lipinski definition) is 2. The van der Waals surface area contributed by atoms with E-state index < -0.39 is 12.0 Å². The van der Waals surface area contributed by atoms with Crippen molar-refractivity contribution in [1.82, 2.24) is 5.32 Å². The third-order valence-corrected chi connectivity index (χ3v) is 4.02. The van der Waals surface area contributed by atoms with Crippen LogP contribution < -0.4 is 15.4 Å². The number of nitrogens with one attached hydrogen (secondary N) is 2. The molecule has 2 aromatic rings. The molecule has 0 spiro atoms. The molecular formula is C20H19N3O3. The lowest BCUT2D eigenvalue weighted by molar-refractivity contribution is -0.122. The minimum atomic E-state index is -0.830. The molecule has 6 nitrogen and oxygen atoms in total. The molecule has 3 rings (SSSR count). The molecule has 0 radical (unpaired) electrons. The fourth-order valence-electron chi connectivity index (χ4n) is 2.42. The average molecular weight is 349 g/mol. The molecule has 132 valence electrons. The van der Waals surface area contributed by atoms with Gasteiger partial charge < -0.3 is 15.4 Å². The highest BCUT2D eigenvalue weighted by molar-refractivity contribution is 6.04. The number of carbonyl (C=O) groups is 2. The van der Waals surface area contributed by atoms with Gasteiger partial charge in [0.2, 0.25) is 0 Å². The van der Waals surface area contributed by atoms with Crippen LogP contribution in [0, 0.1) is 11.3 Å². The fraction of sp³-hybridized carbons (Fsp3) is 0.250. The van der Waals surface area contributed by atoms with E-state index in [1.165, 1.54) is 0 Å². The lowest BCUT2D eigenvalue weighted by Gasteiger charge is -2.17. The summed E-state index contributed by atoms with van der Waals surface area (Å²) in [6.45, 7) is 1.59. The number of para-hydroxylation sites is 2. The number of carbonyl (C=O) groups excluding carboxylic acids is 2. The van der Waals surface area contributed by atoms with E-state index in [1.807, 2.05) is 6.07 Å². The maximum Gasteiger partial charge on any atom is 0.265 e. The summed E-state index contributed by atoms with van der Waals surface area (Å²) < 4.78 is 5.61. The maximum absolute atomic E-state index is 12.5. The maximum atomic E-state index is 12.5. The van der Waals surface area contributed by atoms with E-state index in [9.17, 15) is 9.59 Å². The molecule has 1 aliphatic rings. The Labute approximate surface area is 151 Å². The van der Waals surface area contributed by atoms with Crippen LogP contribution in [0.1, 0.15) is 35.7 Å². The molecule has 1 fully saturated rings. The lowest BCUT2D eigenvalue weighted by atomic mass is 10.1. The van der Waals surface area contributed by atoms with E-state index in [0.717, 1.165) is 12.8 Å². The summed E-state index contributed by atoms with van der Waals surface area (Å²) in [5.41, 5.74) is 1.20. The van der Waals surface area contributed by atoms with Crippen LogP contribution >= 0.6 is 0 Å². The molecule has 1 aliphatic carbocycles. The number of ether oxygens (including phenoxy) is 1. The Kier molecular flexibility index (Phi) is 5.18. The lowest BCUT2D eigenvalue weighted by Crippen LogP contribution is -2.32. The van der Waals surface area contributed by atoms with E-state index in [-0.39, 0.29) is 11.9 Å². The zero-order valence-corrected chi connectivity index (χ0v) is 14.4. The second kappa shape index (κ2) is 7.70. The summed E-state index contributed by atoms with van der Waals surface area (Å²) >= 11 is 0. The van der Waals surface area contributed by atoms with Crippen LogP contribution in [0.15, 0.2) is 48.5 Å². The van der Waals surface area contributed by atoms with Crippen LogP contribution in [0.4, 0.5) is 5.69 Å². The fourth-order valence-corrected chi connectivity index (χ4v) is 2.42. The van der Waals surface area contributed by atoms with Gasteiger partial charge in [-0.1, -0.05) is 24.3 Å². The standard InChI is InChI=1S/C20H19N3O3/c1-13(26-18-9-5-2-6-14(18)12-21)19(24)23-17-8-4-3-7-16(17)20(25)22-15-10-11-15/h2-9,13,15H,10-11H2,1H3,(H,22,25)(H,23,24)/t13-/m0/s1. The van der Waals surface area contributed by atoms with Crippen LogP contribution in [-0.2, 0) is 4.79 Å². The smallest absolute Gasteiger partial charge is 0.265 e. The first-order valence-corrected chi connectivity index (χ1v) is 8.45. The second-order valence-corrected chi connectivity index (χ2v) is 6.15. The summed E-state index contributed by atoms with van der Waals surface area (Å²) in [5.74, 6) is -0.256. The SMILES string of the molecule is C[C@H](Oc1ccccc1C#N)C(=O)Nc1ccccc1C(=O)NC1CC1. The van der Waals surface area contributed by atoms with Gasteiger partial charge in [0, 0.05) is 6.04 Å². The highest BCUT2D eigenvalue weighted by Gasteiger charge is 2.25. The van der Waals surface area contributed by atoms with Crippen LogP contribution in [-0.4, -0.2) is 24.0 Å². The van der Waals surface area contributed by atoms with Crippen molar-refractivity contribution in [2.45, 2.75) is 31.9 Å². The monoisotopic (exact) mass is 349 g/mol. The van der Waals surface area contributed by atoms with Gasteiger partial charge in [-0.25, -0.2) is 0 Å². The van der Waals surface area contributed by atoms with Crippen molar-refractivity contribution in [2.75, 3.05) is 5.32 Å². The molecule has 2 N–H and O–H groups in total. The molecule has 2 amide bonds. The van der Waals surface area contributed by atoms with Gasteiger partial charge in [0.25, 0.3) is 11.8 Å². The number of nitrogens with zero attached hydrogens (tertiary/aromatic N) is 1. The van der Waals surface area contributed by atoms with Crippen molar-refractivity contribution < 1.29 is 14.3 Å². The molecule has 0 saturated heterocycles. The van der Waals surface area contributed by atoms with Gasteiger partial charge >= 0.3 is 0 Å². The summed E-state index contributed by atoms with van der Waals surface area (Å²) in [6.07, 6.45) is 1.15. The van der Waals surface area contributed by atoms with Gasteiger partial charge in [-0.15, -0.1) is 0 Å². The first kappa shape index (κ1) is 17.5. The topological polar surface area (TPSA) is 91.2 Å². The summed E-state index contributed by atoms with van der Waals surface area (Å²) in [6, 6.07) is 15.8. The Hall–Kier alpha value is -3.33. The Morgan fingerprint density at radius 2 is 1.85 bits per heavy atom. The number of hydrogen-bond acceptors (Lipinski definition) is 4. The van der Waals surface area contributed by atoms with Gasteiger partial charge in [0.05, 0.1) is 16.8 Å². The zero-order chi connectivity index (χ0) is 18.5. The number of nitriles is 1. The van der Waals surface area contributed by atoms with Crippen LogP contribution in [0.2, 0.25) is 0 Å². The predicted octanol–water partition coefficient (Wildman–Crippen LogP) is 2.86. The normalized spacial score (nSPS) is 14.0. The molecule has 0 heterocycles. The third kappa shape index (κ3) is 4.19. The minimum Gasteiger partial charge on any atom is -0.480 e. The molecule has 0 aliphatic heterocycles. The molecule has 0 unspecified atom stereocenters. The molecule has 0 aromatic heterocycles. The van der Waals surface area contributed by atoms with Gasteiger partial charge in [-0.2, -0.15) is 5.26 Å². The molecular weight excluding hydrogens is 330 g/mol. The molecule has 6 heteroatoms. The first-order chi connectivity index (χ1) is 12.6. The average Bonchev–Trinajstić information content (AvgIpc) is 3.46. The van der Waals surface area contributed by atoms with Crippen molar-refractivity contribution in [3.05, 3.63) is 59.7 Å². The van der Waals surface area contributed by atoms with Crippen LogP contribution in [0.3, 0.4) is 0 Å². The number of benzene rings is 2. The summed E-state index contributed by atoms with van der Waals surface area (Å²) in [5, 5.41) is 14.7. The molecule has 1 atom stereocenters. The number of rotatable bonds is 6. The molecule has 2 aromatic carbocycles. The first-order valence-electron chi connectivity index (χ1n) is 8.45. The highest BCUT2D eigenvalue weighted by atomic mass is 16.5. The largest absolute Gasteiger partial charge is 0.480 e. The Balaban J connectivity index is 1.69. The van der Waals surface area contributed by atoms with E-state index in [1.54, 1.807) is 55.5 Å². The van der Waals surface area contributed by atoms with Crippen LogP contribution in [0.5, 0.6) is 5.75 Å². The van der Waals surface area contributed by atoms with E-state index in [0.29, 0.717) is 22.6 Å². The Bertz CT molecular complexity index is 869.